The Hall–Kier alpha value is -0.740. The van der Waals surface area contributed by atoms with E-state index < -0.39 is 15.9 Å². The minimum absolute atomic E-state index is 0.0492. The first-order chi connectivity index (χ1) is 19.1. The average Bonchev–Trinajstić information content (AvgIpc) is 3.24. The second-order valence-corrected chi connectivity index (χ2v) is 16.6. The van der Waals surface area contributed by atoms with E-state index in [9.17, 15) is 28.0 Å². The van der Waals surface area contributed by atoms with Crippen molar-refractivity contribution in [3.8, 4) is 0 Å². The third-order valence-corrected chi connectivity index (χ3v) is 13.4. The summed E-state index contributed by atoms with van der Waals surface area (Å²) < 4.78 is 33.7. The molecule has 0 aromatic carbocycles. The minimum atomic E-state index is -4.38. The van der Waals surface area contributed by atoms with Gasteiger partial charge in [0.05, 0.1) is 28.1 Å². The number of fused-ring (bicyclic) bond motifs is 5. The minimum Gasteiger partial charge on any atom is -0.748 e. The molecule has 4 rings (SSSR count). The number of amides is 1. The molecule has 0 heterocycles. The normalized spacial score (nSPS) is 41.4. The van der Waals surface area contributed by atoms with E-state index in [-0.39, 0.29) is 41.4 Å². The molecule has 0 unspecified atom stereocenters. The number of likely N-dealkylation sites (N-methyl/N-ethyl adjacent to an activating group) is 1. The zero-order chi connectivity index (χ0) is 30.3. The highest BCUT2D eigenvalue weighted by Crippen LogP contribution is 2.69. The third kappa shape index (κ3) is 6.69. The van der Waals surface area contributed by atoms with Crippen LogP contribution in [0.2, 0.25) is 0 Å². The van der Waals surface area contributed by atoms with Gasteiger partial charge in [-0.2, -0.15) is 0 Å². The summed E-state index contributed by atoms with van der Waals surface area (Å²) in [6.45, 7) is 10.4. The molecule has 4 aliphatic carbocycles. The predicted octanol–water partition coefficient (Wildman–Crippen LogP) is 3.96. The number of rotatable bonds is 11. The lowest BCUT2D eigenvalue weighted by molar-refractivity contribution is -0.203. The first-order valence-electron chi connectivity index (χ1n) is 16.3. The van der Waals surface area contributed by atoms with Crippen LogP contribution in [0.4, 0.5) is 0 Å². The summed E-state index contributed by atoms with van der Waals surface area (Å²) in [5.41, 5.74) is 0.330. The Kier molecular flexibility index (Phi) is 10.3. The van der Waals surface area contributed by atoms with Crippen molar-refractivity contribution in [3.05, 3.63) is 0 Å². The summed E-state index contributed by atoms with van der Waals surface area (Å²) in [5.74, 6) is 2.16. The zero-order valence-corrected chi connectivity index (χ0v) is 27.2. The molecule has 0 aromatic rings. The molecule has 0 bridgehead atoms. The van der Waals surface area contributed by atoms with Gasteiger partial charge in [0.25, 0.3) is 0 Å². The highest BCUT2D eigenvalue weighted by Gasteiger charge is 2.64. The average molecular weight is 598 g/mol. The van der Waals surface area contributed by atoms with Gasteiger partial charge in [-0.1, -0.05) is 34.1 Å². The van der Waals surface area contributed by atoms with Crippen LogP contribution in [0.5, 0.6) is 0 Å². The largest absolute Gasteiger partial charge is 0.748 e. The molecule has 0 saturated heterocycles. The molecule has 4 aliphatic rings. The van der Waals surface area contributed by atoms with Crippen LogP contribution in [0.15, 0.2) is 0 Å². The van der Waals surface area contributed by atoms with E-state index in [1.165, 1.54) is 0 Å². The Morgan fingerprint density at radius 1 is 0.976 bits per heavy atom. The van der Waals surface area contributed by atoms with Crippen LogP contribution in [0.1, 0.15) is 91.9 Å². The molecule has 9 heteroatoms. The molecule has 8 nitrogen and oxygen atoms in total. The molecule has 41 heavy (non-hydrogen) atoms. The second kappa shape index (κ2) is 12.7. The second-order valence-electron chi connectivity index (χ2n) is 15.1. The van der Waals surface area contributed by atoms with Crippen LogP contribution in [0, 0.1) is 52.3 Å². The summed E-state index contributed by atoms with van der Waals surface area (Å²) in [5, 5.41) is 22.5. The van der Waals surface area contributed by atoms with Gasteiger partial charge in [0.1, 0.15) is 0 Å². The van der Waals surface area contributed by atoms with Crippen molar-refractivity contribution >= 4 is 16.0 Å². The van der Waals surface area contributed by atoms with Gasteiger partial charge < -0.3 is 24.6 Å². The smallest absolute Gasteiger partial charge is 0.222 e. The van der Waals surface area contributed by atoms with E-state index in [4.69, 9.17) is 0 Å². The van der Waals surface area contributed by atoms with Crippen molar-refractivity contribution < 1.29 is 28.0 Å². The van der Waals surface area contributed by atoms with Crippen LogP contribution in [-0.4, -0.2) is 90.6 Å². The highest BCUT2D eigenvalue weighted by molar-refractivity contribution is 7.85. The summed E-state index contributed by atoms with van der Waals surface area (Å²) in [6.07, 6.45) is 8.85. The zero-order valence-electron chi connectivity index (χ0n) is 26.4. The molecule has 11 atom stereocenters. The number of carbonyl (C=O) groups excluding carboxylic acids is 1. The van der Waals surface area contributed by atoms with Gasteiger partial charge in [-0.05, 0) is 118 Å². The molecule has 2 N–H and O–H groups in total. The van der Waals surface area contributed by atoms with Crippen molar-refractivity contribution in [2.45, 2.75) is 104 Å². The lowest BCUT2D eigenvalue weighted by Gasteiger charge is -2.64. The van der Waals surface area contributed by atoms with Crippen LogP contribution >= 0.6 is 0 Å². The topological polar surface area (TPSA) is 121 Å². The Morgan fingerprint density at radius 2 is 1.63 bits per heavy atom. The van der Waals surface area contributed by atoms with Gasteiger partial charge in [-0.3, -0.25) is 4.79 Å². The first kappa shape index (κ1) is 33.2. The first-order valence-corrected chi connectivity index (χ1v) is 17.9. The molecule has 0 aromatic heterocycles. The molecule has 238 valence electrons. The molecule has 1 amide bonds. The maximum absolute atomic E-state index is 13.2. The molecular weight excluding hydrogens is 540 g/mol. The van der Waals surface area contributed by atoms with E-state index in [0.717, 1.165) is 57.8 Å². The van der Waals surface area contributed by atoms with E-state index in [1.807, 2.05) is 19.0 Å². The molecule has 4 saturated carbocycles. The van der Waals surface area contributed by atoms with Gasteiger partial charge in [0.15, 0.2) is 0 Å². The predicted molar refractivity (Wildman–Crippen MR) is 160 cm³/mol. The number of nitrogens with zero attached hydrogens (tertiary/aromatic N) is 2. The maximum atomic E-state index is 13.2. The fourth-order valence-corrected chi connectivity index (χ4v) is 11.0. The van der Waals surface area contributed by atoms with Crippen molar-refractivity contribution in [1.82, 2.24) is 9.80 Å². The van der Waals surface area contributed by atoms with Gasteiger partial charge in [0.2, 0.25) is 5.91 Å². The Bertz CT molecular complexity index is 1020. The van der Waals surface area contributed by atoms with E-state index in [2.05, 4.69) is 27.7 Å². The number of hydrogen-bond donors (Lipinski definition) is 2. The summed E-state index contributed by atoms with van der Waals surface area (Å²) >= 11 is 0. The Morgan fingerprint density at radius 3 is 2.27 bits per heavy atom. The van der Waals surface area contributed by atoms with Gasteiger partial charge >= 0.3 is 0 Å². The van der Waals surface area contributed by atoms with Crippen molar-refractivity contribution in [2.24, 2.45) is 52.3 Å². The monoisotopic (exact) mass is 597 g/mol. The molecule has 0 radical (unpaired) electrons. The molecular formula is C32H57N2O6S-. The Labute approximate surface area is 249 Å². The van der Waals surface area contributed by atoms with E-state index in [0.29, 0.717) is 55.0 Å². The highest BCUT2D eigenvalue weighted by atomic mass is 32.2. The lowest BCUT2D eigenvalue weighted by Crippen LogP contribution is -2.62. The number of aliphatic hydroxyl groups excluding tert-OH is 2. The van der Waals surface area contributed by atoms with Gasteiger partial charge in [0, 0.05) is 26.1 Å². The number of aliphatic hydroxyl groups is 2. The van der Waals surface area contributed by atoms with Crippen molar-refractivity contribution in [3.63, 3.8) is 0 Å². The summed E-state index contributed by atoms with van der Waals surface area (Å²) in [4.78, 5) is 16.7. The molecule has 4 fully saturated rings. The number of hydrogen-bond acceptors (Lipinski definition) is 7. The quantitative estimate of drug-likeness (QED) is 0.346. The summed E-state index contributed by atoms with van der Waals surface area (Å²) in [7, 11) is -0.567. The van der Waals surface area contributed by atoms with Gasteiger partial charge in [-0.15, -0.1) is 0 Å². The Balaban J connectivity index is 1.45. The third-order valence-electron chi connectivity index (χ3n) is 12.7. The van der Waals surface area contributed by atoms with Gasteiger partial charge in [-0.25, -0.2) is 8.42 Å². The standard InChI is InChI=1S/C32H58N2O6S/c1-7-23-27-20-22(35)12-14-32(27,4)26-13-15-31(3)24(9-10-25(31)29(26)30(23)37)21(2)8-11-28(36)34(17-16-33(5)6)18-19-41(38,39)40/h21-27,29-30,35,37H,7-20H2,1-6H3,(H,38,39,40)/p-1/t21-,22-,23-,24-,25+,26+,27+,29+,30-,31-,32-/m1/s1. The fourth-order valence-electron chi connectivity index (χ4n) is 10.5. The van der Waals surface area contributed by atoms with Crippen molar-refractivity contribution in [2.75, 3.05) is 39.5 Å². The number of carbonyl (C=O) groups is 1. The van der Waals surface area contributed by atoms with E-state index >= 15 is 0 Å². The van der Waals surface area contributed by atoms with E-state index in [1.54, 1.807) is 4.90 Å². The lowest BCUT2D eigenvalue weighted by atomic mass is 9.41. The van der Waals surface area contributed by atoms with Crippen LogP contribution in [0.3, 0.4) is 0 Å². The van der Waals surface area contributed by atoms with Crippen LogP contribution in [0.25, 0.3) is 0 Å². The summed E-state index contributed by atoms with van der Waals surface area (Å²) in [6, 6.07) is 0. The van der Waals surface area contributed by atoms with Crippen LogP contribution in [-0.2, 0) is 14.9 Å². The molecule has 0 aliphatic heterocycles. The maximum Gasteiger partial charge on any atom is 0.222 e. The fraction of sp³-hybridized carbons (Fsp3) is 0.969. The SMILES string of the molecule is CC[C@H]1[C@@H](O)[C@@H]2[C@H](CC[C@]3(C)[C@@H]([C@H](C)CCC(=O)N(CCN(C)C)CCS(=O)(=O)[O-])CC[C@@H]23)[C@@]2(C)CC[C@@H](O)C[C@@H]12. The van der Waals surface area contributed by atoms with Crippen molar-refractivity contribution in [1.29, 1.82) is 0 Å². The molecule has 0 spiro atoms. The van der Waals surface area contributed by atoms with Crippen LogP contribution < -0.4 is 0 Å².